The number of allylic oxidation sites excluding steroid dienone is 2. The first kappa shape index (κ1) is 17.8. The third-order valence-electron chi connectivity index (χ3n) is 3.98. The highest BCUT2D eigenvalue weighted by Crippen LogP contribution is 2.22. The van der Waals surface area contributed by atoms with Crippen molar-refractivity contribution >= 4 is 11.6 Å². The number of nitrogens with one attached hydrogen (secondary N) is 1. The molecule has 1 amide bonds. The molecule has 0 fully saturated rings. The van der Waals surface area contributed by atoms with Crippen LogP contribution in [-0.2, 0) is 9.53 Å². The van der Waals surface area contributed by atoms with Gasteiger partial charge in [-0.2, -0.15) is 0 Å². The molecule has 0 atom stereocenters. The van der Waals surface area contributed by atoms with Crippen LogP contribution in [0, 0.1) is 6.92 Å². The molecule has 4 nitrogen and oxygen atoms in total. The SMILES string of the molecule is Cc1cccc(NC(=O)C2=CCCC=C2OCCOc2ccccc2)c1. The Bertz CT molecular complexity index is 809. The van der Waals surface area contributed by atoms with Crippen LogP contribution in [0.1, 0.15) is 18.4 Å². The number of ether oxygens (including phenoxy) is 2. The van der Waals surface area contributed by atoms with Crippen LogP contribution in [0.25, 0.3) is 0 Å². The van der Waals surface area contributed by atoms with E-state index in [0.717, 1.165) is 29.8 Å². The fourth-order valence-corrected chi connectivity index (χ4v) is 2.74. The number of hydrogen-bond donors (Lipinski definition) is 1. The van der Waals surface area contributed by atoms with Crippen molar-refractivity contribution < 1.29 is 14.3 Å². The molecule has 0 radical (unpaired) electrons. The molecule has 0 spiro atoms. The first-order valence-corrected chi connectivity index (χ1v) is 8.82. The van der Waals surface area contributed by atoms with Gasteiger partial charge in [0.05, 0.1) is 5.57 Å². The van der Waals surface area contributed by atoms with Crippen molar-refractivity contribution in [1.29, 1.82) is 0 Å². The van der Waals surface area contributed by atoms with Gasteiger partial charge in [0.25, 0.3) is 5.91 Å². The zero-order chi connectivity index (χ0) is 18.2. The Hall–Kier alpha value is -3.01. The van der Waals surface area contributed by atoms with Crippen molar-refractivity contribution in [2.75, 3.05) is 18.5 Å². The Kier molecular flexibility index (Phi) is 6.09. The summed E-state index contributed by atoms with van der Waals surface area (Å²) in [6, 6.07) is 17.4. The van der Waals surface area contributed by atoms with E-state index in [1.807, 2.05) is 73.7 Å². The number of anilines is 1. The van der Waals surface area contributed by atoms with E-state index in [1.165, 1.54) is 0 Å². The maximum absolute atomic E-state index is 12.6. The van der Waals surface area contributed by atoms with E-state index in [1.54, 1.807) is 0 Å². The molecule has 26 heavy (non-hydrogen) atoms. The molecule has 2 aromatic rings. The maximum Gasteiger partial charge on any atom is 0.259 e. The lowest BCUT2D eigenvalue weighted by Gasteiger charge is -2.17. The summed E-state index contributed by atoms with van der Waals surface area (Å²) in [6.45, 7) is 2.81. The van der Waals surface area contributed by atoms with Gasteiger partial charge >= 0.3 is 0 Å². The summed E-state index contributed by atoms with van der Waals surface area (Å²) >= 11 is 0. The molecule has 1 N–H and O–H groups in total. The van der Waals surface area contributed by atoms with Gasteiger partial charge in [0, 0.05) is 5.69 Å². The van der Waals surface area contributed by atoms with Crippen LogP contribution in [-0.4, -0.2) is 19.1 Å². The van der Waals surface area contributed by atoms with Gasteiger partial charge in [0.1, 0.15) is 24.7 Å². The molecule has 0 saturated heterocycles. The second kappa shape index (κ2) is 8.90. The average Bonchev–Trinajstić information content (AvgIpc) is 2.66. The van der Waals surface area contributed by atoms with Crippen molar-refractivity contribution in [3.05, 3.63) is 83.6 Å². The molecular formula is C22H23NO3. The van der Waals surface area contributed by atoms with Crippen molar-refractivity contribution in [1.82, 2.24) is 0 Å². The first-order chi connectivity index (χ1) is 12.7. The van der Waals surface area contributed by atoms with E-state index < -0.39 is 0 Å². The number of hydrogen-bond acceptors (Lipinski definition) is 3. The molecule has 0 saturated carbocycles. The highest BCUT2D eigenvalue weighted by molar-refractivity contribution is 6.06. The predicted molar refractivity (Wildman–Crippen MR) is 103 cm³/mol. The number of aryl methyl sites for hydroxylation is 1. The van der Waals surface area contributed by atoms with Gasteiger partial charge in [-0.25, -0.2) is 0 Å². The second-order valence-corrected chi connectivity index (χ2v) is 6.10. The molecule has 0 heterocycles. The summed E-state index contributed by atoms with van der Waals surface area (Å²) in [5.41, 5.74) is 2.47. The summed E-state index contributed by atoms with van der Waals surface area (Å²) in [7, 11) is 0. The molecule has 134 valence electrons. The summed E-state index contributed by atoms with van der Waals surface area (Å²) in [6.07, 6.45) is 5.60. The third kappa shape index (κ3) is 4.99. The lowest BCUT2D eigenvalue weighted by Crippen LogP contribution is -2.19. The maximum atomic E-state index is 12.6. The van der Waals surface area contributed by atoms with E-state index in [-0.39, 0.29) is 5.91 Å². The summed E-state index contributed by atoms with van der Waals surface area (Å²) in [5.74, 6) is 1.28. The zero-order valence-electron chi connectivity index (χ0n) is 14.9. The Morgan fingerprint density at radius 2 is 1.73 bits per heavy atom. The quantitative estimate of drug-likeness (QED) is 0.741. The molecule has 0 aliphatic heterocycles. The molecule has 0 bridgehead atoms. The Balaban J connectivity index is 1.54. The first-order valence-electron chi connectivity index (χ1n) is 8.82. The highest BCUT2D eigenvalue weighted by atomic mass is 16.5. The summed E-state index contributed by atoms with van der Waals surface area (Å²) < 4.78 is 11.4. The molecule has 2 aromatic carbocycles. The van der Waals surface area contributed by atoms with Crippen molar-refractivity contribution in [3.8, 4) is 5.75 Å². The molecule has 0 unspecified atom stereocenters. The topological polar surface area (TPSA) is 47.6 Å². The predicted octanol–water partition coefficient (Wildman–Crippen LogP) is 4.63. The number of carbonyl (C=O) groups is 1. The van der Waals surface area contributed by atoms with Gasteiger partial charge in [0.2, 0.25) is 0 Å². The number of amides is 1. The smallest absolute Gasteiger partial charge is 0.259 e. The fraction of sp³-hybridized carbons (Fsp3) is 0.227. The van der Waals surface area contributed by atoms with Crippen molar-refractivity contribution in [3.63, 3.8) is 0 Å². The lowest BCUT2D eigenvalue weighted by molar-refractivity contribution is -0.113. The number of benzene rings is 2. The van der Waals surface area contributed by atoms with E-state index in [9.17, 15) is 4.79 Å². The van der Waals surface area contributed by atoms with E-state index in [0.29, 0.717) is 24.5 Å². The van der Waals surface area contributed by atoms with Gasteiger partial charge in [-0.1, -0.05) is 36.4 Å². The number of para-hydroxylation sites is 1. The lowest BCUT2D eigenvalue weighted by atomic mass is 10.0. The Morgan fingerprint density at radius 1 is 0.962 bits per heavy atom. The minimum atomic E-state index is -0.148. The molecule has 0 aromatic heterocycles. The largest absolute Gasteiger partial charge is 0.490 e. The zero-order valence-corrected chi connectivity index (χ0v) is 14.9. The van der Waals surface area contributed by atoms with Gasteiger partial charge in [-0.05, 0) is 55.7 Å². The fourth-order valence-electron chi connectivity index (χ4n) is 2.74. The van der Waals surface area contributed by atoms with Crippen LogP contribution in [0.3, 0.4) is 0 Å². The van der Waals surface area contributed by atoms with E-state index >= 15 is 0 Å². The molecule has 3 rings (SSSR count). The molecule has 4 heteroatoms. The molecular weight excluding hydrogens is 326 g/mol. The number of rotatable bonds is 7. The van der Waals surface area contributed by atoms with Gasteiger partial charge in [-0.15, -0.1) is 0 Å². The number of carbonyl (C=O) groups excluding carboxylic acids is 1. The van der Waals surface area contributed by atoms with Gasteiger partial charge < -0.3 is 14.8 Å². The van der Waals surface area contributed by atoms with Crippen LogP contribution in [0.15, 0.2) is 78.1 Å². The van der Waals surface area contributed by atoms with E-state index in [4.69, 9.17) is 9.47 Å². The van der Waals surface area contributed by atoms with Crippen LogP contribution < -0.4 is 10.1 Å². The minimum absolute atomic E-state index is 0.148. The van der Waals surface area contributed by atoms with Crippen LogP contribution in [0.2, 0.25) is 0 Å². The van der Waals surface area contributed by atoms with Crippen LogP contribution >= 0.6 is 0 Å². The Morgan fingerprint density at radius 3 is 2.54 bits per heavy atom. The van der Waals surface area contributed by atoms with Crippen LogP contribution in [0.5, 0.6) is 5.75 Å². The highest BCUT2D eigenvalue weighted by Gasteiger charge is 2.18. The van der Waals surface area contributed by atoms with Crippen molar-refractivity contribution in [2.24, 2.45) is 0 Å². The second-order valence-electron chi connectivity index (χ2n) is 6.10. The van der Waals surface area contributed by atoms with Gasteiger partial charge in [-0.3, -0.25) is 4.79 Å². The molecule has 1 aliphatic rings. The average molecular weight is 349 g/mol. The summed E-state index contributed by atoms with van der Waals surface area (Å²) in [4.78, 5) is 12.6. The van der Waals surface area contributed by atoms with Gasteiger partial charge in [0.15, 0.2) is 0 Å². The van der Waals surface area contributed by atoms with E-state index in [2.05, 4.69) is 5.32 Å². The molecule has 1 aliphatic carbocycles. The van der Waals surface area contributed by atoms with Crippen LogP contribution in [0.4, 0.5) is 5.69 Å². The summed E-state index contributed by atoms with van der Waals surface area (Å²) in [5, 5.41) is 2.94. The monoisotopic (exact) mass is 349 g/mol. The minimum Gasteiger partial charge on any atom is -0.490 e. The standard InChI is InChI=1S/C22H23NO3/c1-17-8-7-9-18(16-17)23-22(24)20-12-5-6-13-21(20)26-15-14-25-19-10-3-2-4-11-19/h2-4,7-13,16H,5-6,14-15H2,1H3,(H,23,24). The van der Waals surface area contributed by atoms with Crippen molar-refractivity contribution in [2.45, 2.75) is 19.8 Å². The third-order valence-corrected chi connectivity index (χ3v) is 3.98. The Labute approximate surface area is 154 Å². The normalized spacial score (nSPS) is 13.4.